The number of aryl methyl sites for hydroxylation is 1. The van der Waals surface area contributed by atoms with Crippen molar-refractivity contribution in [3.8, 4) is 5.69 Å². The molecule has 1 aliphatic heterocycles. The van der Waals surface area contributed by atoms with Crippen molar-refractivity contribution in [1.29, 1.82) is 0 Å². The van der Waals surface area contributed by atoms with Gasteiger partial charge in [-0.1, -0.05) is 49.2 Å². The summed E-state index contributed by atoms with van der Waals surface area (Å²) in [6.07, 6.45) is 1.68. The number of amides is 3. The van der Waals surface area contributed by atoms with Crippen molar-refractivity contribution >= 4 is 63.8 Å². The van der Waals surface area contributed by atoms with E-state index in [0.29, 0.717) is 21.7 Å². The van der Waals surface area contributed by atoms with Gasteiger partial charge >= 0.3 is 0 Å². The third-order valence-electron chi connectivity index (χ3n) is 5.95. The summed E-state index contributed by atoms with van der Waals surface area (Å²) in [6.45, 7) is 7.69. The average molecular weight is 542 g/mol. The topological polar surface area (TPSA) is 71.4 Å². The highest BCUT2D eigenvalue weighted by Crippen LogP contribution is 2.34. The molecule has 2 aromatic carbocycles. The number of benzene rings is 2. The number of rotatable bonds is 6. The molecule has 1 aromatic heterocycles. The van der Waals surface area contributed by atoms with Gasteiger partial charge in [-0.25, -0.2) is 0 Å². The second-order valence-corrected chi connectivity index (χ2v) is 10.7. The number of thioether (sulfide) groups is 1. The van der Waals surface area contributed by atoms with Gasteiger partial charge in [0.25, 0.3) is 11.1 Å². The lowest BCUT2D eigenvalue weighted by atomic mass is 10.0. The molecule has 4 rings (SSSR count). The van der Waals surface area contributed by atoms with Gasteiger partial charge in [0, 0.05) is 22.8 Å². The lowest BCUT2D eigenvalue weighted by Gasteiger charge is -2.13. The van der Waals surface area contributed by atoms with Gasteiger partial charge in [0.2, 0.25) is 5.91 Å². The van der Waals surface area contributed by atoms with Crippen molar-refractivity contribution in [3.63, 3.8) is 0 Å². The zero-order chi connectivity index (χ0) is 26.1. The molecule has 186 valence electrons. The van der Waals surface area contributed by atoms with E-state index < -0.39 is 17.1 Å². The van der Waals surface area contributed by atoms with Crippen LogP contribution in [0.3, 0.4) is 0 Å². The molecule has 9 heteroatoms. The first-order chi connectivity index (χ1) is 17.0. The van der Waals surface area contributed by atoms with E-state index in [-0.39, 0.29) is 11.4 Å². The summed E-state index contributed by atoms with van der Waals surface area (Å²) in [5.74, 6) is -0.548. The maximum atomic E-state index is 13.0. The lowest BCUT2D eigenvalue weighted by Crippen LogP contribution is -2.36. The van der Waals surface area contributed by atoms with Gasteiger partial charge in [0.15, 0.2) is 0 Å². The summed E-state index contributed by atoms with van der Waals surface area (Å²) in [5, 5.41) is 3.18. The molecule has 1 N–H and O–H groups in total. The van der Waals surface area contributed by atoms with Gasteiger partial charge in [0.1, 0.15) is 6.54 Å². The molecule has 0 bridgehead atoms. The Kier molecular flexibility index (Phi) is 7.64. The molecule has 0 spiro atoms. The lowest BCUT2D eigenvalue weighted by molar-refractivity contribution is -0.127. The van der Waals surface area contributed by atoms with E-state index in [1.54, 1.807) is 18.2 Å². The standard InChI is InChI=1S/C27H25Cl2N3O3S/c1-15(2)18-5-7-20(8-6-18)30-25(33)14-31-26(34)24(36-27(31)35)12-19-11-16(3)32(17(19)4)21-9-10-22(28)23(29)13-21/h5-13,15H,14H2,1-4H3,(H,30,33)/b24-12-. The first kappa shape index (κ1) is 26.1. The molecule has 0 radical (unpaired) electrons. The van der Waals surface area contributed by atoms with Gasteiger partial charge in [-0.05, 0) is 85.1 Å². The molecular weight excluding hydrogens is 517 g/mol. The van der Waals surface area contributed by atoms with Crippen LogP contribution in [0.4, 0.5) is 10.5 Å². The van der Waals surface area contributed by atoms with Gasteiger partial charge < -0.3 is 9.88 Å². The van der Waals surface area contributed by atoms with E-state index in [2.05, 4.69) is 19.2 Å². The molecule has 3 aromatic rings. The monoisotopic (exact) mass is 541 g/mol. The van der Waals surface area contributed by atoms with Crippen molar-refractivity contribution in [2.45, 2.75) is 33.6 Å². The summed E-state index contributed by atoms with van der Waals surface area (Å²) in [5.41, 5.74) is 5.20. The Morgan fingerprint density at radius 1 is 1.03 bits per heavy atom. The van der Waals surface area contributed by atoms with Gasteiger partial charge in [-0.15, -0.1) is 0 Å². The summed E-state index contributed by atoms with van der Waals surface area (Å²) in [6, 6.07) is 14.8. The fourth-order valence-electron chi connectivity index (χ4n) is 4.03. The molecule has 0 aliphatic carbocycles. The second kappa shape index (κ2) is 10.5. The quantitative estimate of drug-likeness (QED) is 0.335. The molecule has 6 nitrogen and oxygen atoms in total. The van der Waals surface area contributed by atoms with Crippen LogP contribution in [0.5, 0.6) is 0 Å². The molecule has 3 amide bonds. The van der Waals surface area contributed by atoms with E-state index in [1.807, 2.05) is 54.8 Å². The minimum Gasteiger partial charge on any atom is -0.325 e. The first-order valence-electron chi connectivity index (χ1n) is 11.3. The van der Waals surface area contributed by atoms with Crippen molar-refractivity contribution in [2.75, 3.05) is 11.9 Å². The van der Waals surface area contributed by atoms with Crippen molar-refractivity contribution in [1.82, 2.24) is 9.47 Å². The molecule has 36 heavy (non-hydrogen) atoms. The summed E-state index contributed by atoms with van der Waals surface area (Å²) in [4.78, 5) is 39.3. The molecular formula is C27H25Cl2N3O3S. The zero-order valence-corrected chi connectivity index (χ0v) is 22.6. The molecule has 0 unspecified atom stereocenters. The maximum absolute atomic E-state index is 13.0. The Labute approximate surface area is 224 Å². The summed E-state index contributed by atoms with van der Waals surface area (Å²) < 4.78 is 2.00. The molecule has 0 atom stereocenters. The maximum Gasteiger partial charge on any atom is 0.294 e. The van der Waals surface area contributed by atoms with Gasteiger partial charge in [-0.3, -0.25) is 19.3 Å². The number of hydrogen-bond donors (Lipinski definition) is 1. The first-order valence-corrected chi connectivity index (χ1v) is 12.9. The van der Waals surface area contributed by atoms with E-state index in [1.165, 1.54) is 0 Å². The Balaban J connectivity index is 1.50. The third-order valence-corrected chi connectivity index (χ3v) is 7.60. The molecule has 1 saturated heterocycles. The Morgan fingerprint density at radius 2 is 1.72 bits per heavy atom. The van der Waals surface area contributed by atoms with Crippen LogP contribution >= 0.6 is 35.0 Å². The Morgan fingerprint density at radius 3 is 2.36 bits per heavy atom. The zero-order valence-electron chi connectivity index (χ0n) is 20.3. The normalized spacial score (nSPS) is 14.9. The van der Waals surface area contributed by atoms with Crippen LogP contribution in [0, 0.1) is 13.8 Å². The number of hydrogen-bond acceptors (Lipinski definition) is 4. The fourth-order valence-corrected chi connectivity index (χ4v) is 5.15. The van der Waals surface area contributed by atoms with Crippen molar-refractivity contribution in [2.24, 2.45) is 0 Å². The number of halogens is 2. The van der Waals surface area contributed by atoms with Crippen LogP contribution in [0.2, 0.25) is 10.0 Å². The van der Waals surface area contributed by atoms with E-state index in [0.717, 1.165) is 44.9 Å². The van der Waals surface area contributed by atoms with Crippen LogP contribution in [-0.4, -0.2) is 33.1 Å². The second-order valence-electron chi connectivity index (χ2n) is 8.85. The highest BCUT2D eigenvalue weighted by Gasteiger charge is 2.36. The predicted octanol–water partition coefficient (Wildman–Crippen LogP) is 7.20. The Hall–Kier alpha value is -3.00. The van der Waals surface area contributed by atoms with E-state index in [9.17, 15) is 14.4 Å². The molecule has 0 saturated carbocycles. The molecule has 2 heterocycles. The summed E-state index contributed by atoms with van der Waals surface area (Å²) >= 11 is 13.1. The van der Waals surface area contributed by atoms with Crippen LogP contribution in [0.1, 0.15) is 42.3 Å². The number of nitrogens with one attached hydrogen (secondary N) is 1. The summed E-state index contributed by atoms with van der Waals surface area (Å²) in [7, 11) is 0. The van der Waals surface area contributed by atoms with Crippen LogP contribution in [-0.2, 0) is 9.59 Å². The number of carbonyl (C=O) groups excluding carboxylic acids is 3. The van der Waals surface area contributed by atoms with Crippen molar-refractivity contribution in [3.05, 3.63) is 86.0 Å². The largest absolute Gasteiger partial charge is 0.325 e. The van der Waals surface area contributed by atoms with Crippen molar-refractivity contribution < 1.29 is 14.4 Å². The van der Waals surface area contributed by atoms with Crippen LogP contribution in [0.15, 0.2) is 53.4 Å². The number of aromatic nitrogens is 1. The van der Waals surface area contributed by atoms with E-state index in [4.69, 9.17) is 23.2 Å². The average Bonchev–Trinajstić information content (AvgIpc) is 3.25. The number of anilines is 1. The number of carbonyl (C=O) groups is 3. The number of nitrogens with zero attached hydrogens (tertiary/aromatic N) is 2. The highest BCUT2D eigenvalue weighted by atomic mass is 35.5. The van der Waals surface area contributed by atoms with Crippen LogP contribution in [0.25, 0.3) is 11.8 Å². The van der Waals surface area contributed by atoms with E-state index >= 15 is 0 Å². The highest BCUT2D eigenvalue weighted by molar-refractivity contribution is 8.18. The smallest absolute Gasteiger partial charge is 0.294 e. The molecule has 1 aliphatic rings. The third kappa shape index (κ3) is 5.38. The SMILES string of the molecule is Cc1cc(/C=C2\SC(=O)N(CC(=O)Nc3ccc(C(C)C)cc3)C2=O)c(C)n1-c1ccc(Cl)c(Cl)c1. The minimum atomic E-state index is -0.491. The Bertz CT molecular complexity index is 1390. The fraction of sp³-hybridized carbons (Fsp3) is 0.222. The minimum absolute atomic E-state index is 0.267. The number of imide groups is 1. The predicted molar refractivity (Wildman–Crippen MR) is 147 cm³/mol. The molecule has 1 fully saturated rings. The van der Waals surface area contributed by atoms with Gasteiger partial charge in [-0.2, -0.15) is 0 Å². The van der Waals surface area contributed by atoms with Gasteiger partial charge in [0.05, 0.1) is 15.0 Å². The van der Waals surface area contributed by atoms with Crippen LogP contribution < -0.4 is 5.32 Å².